The van der Waals surface area contributed by atoms with Crippen molar-refractivity contribution in [2.75, 3.05) is 18.4 Å². The van der Waals surface area contributed by atoms with Gasteiger partial charge in [0.05, 0.1) is 6.10 Å². The van der Waals surface area contributed by atoms with Crippen LogP contribution in [0.1, 0.15) is 39.7 Å². The zero-order valence-corrected chi connectivity index (χ0v) is 14.3. The Kier molecular flexibility index (Phi) is 5.09. The van der Waals surface area contributed by atoms with Crippen LogP contribution in [0.5, 0.6) is 0 Å². The second-order valence-electron chi connectivity index (χ2n) is 7.33. The van der Waals surface area contributed by atoms with Crippen molar-refractivity contribution >= 4 is 17.5 Å². The third kappa shape index (κ3) is 4.10. The largest absolute Gasteiger partial charge is 0.391 e. The summed E-state index contributed by atoms with van der Waals surface area (Å²) in [6.45, 7) is 8.85. The molecule has 23 heavy (non-hydrogen) atoms. The number of hydrogen-bond donors (Lipinski definition) is 2. The average molecular weight is 318 g/mol. The summed E-state index contributed by atoms with van der Waals surface area (Å²) < 4.78 is 0. The summed E-state index contributed by atoms with van der Waals surface area (Å²) >= 11 is 0. The van der Waals surface area contributed by atoms with Gasteiger partial charge < -0.3 is 15.3 Å². The molecule has 1 aromatic rings. The minimum Gasteiger partial charge on any atom is -0.391 e. The van der Waals surface area contributed by atoms with Gasteiger partial charge in [-0.2, -0.15) is 0 Å². The van der Waals surface area contributed by atoms with Crippen LogP contribution in [0.15, 0.2) is 24.3 Å². The maximum absolute atomic E-state index is 12.3. The van der Waals surface area contributed by atoms with E-state index in [0.29, 0.717) is 18.7 Å². The van der Waals surface area contributed by atoms with E-state index in [9.17, 15) is 14.7 Å². The van der Waals surface area contributed by atoms with Gasteiger partial charge in [-0.05, 0) is 29.4 Å². The van der Waals surface area contributed by atoms with E-state index < -0.39 is 17.9 Å². The molecule has 2 N–H and O–H groups in total. The summed E-state index contributed by atoms with van der Waals surface area (Å²) in [6, 6.07) is 7.51. The maximum Gasteiger partial charge on any atom is 0.313 e. The van der Waals surface area contributed by atoms with Crippen molar-refractivity contribution in [1.29, 1.82) is 0 Å². The molecule has 0 aromatic heterocycles. The second-order valence-corrected chi connectivity index (χ2v) is 7.33. The van der Waals surface area contributed by atoms with Crippen LogP contribution in [-0.2, 0) is 15.0 Å². The molecule has 1 aromatic carbocycles. The van der Waals surface area contributed by atoms with Crippen LogP contribution >= 0.6 is 0 Å². The van der Waals surface area contributed by atoms with Crippen molar-refractivity contribution < 1.29 is 14.7 Å². The number of para-hydroxylation sites is 1. The summed E-state index contributed by atoms with van der Waals surface area (Å²) in [5.74, 6) is -1.08. The SMILES string of the molecule is CC1CCN(C(=O)C(=O)Nc2ccccc2C(C)(C)C)CC1O. The van der Waals surface area contributed by atoms with Crippen LogP contribution in [0.25, 0.3) is 0 Å². The number of carbonyl (C=O) groups is 2. The molecule has 1 heterocycles. The fourth-order valence-electron chi connectivity index (χ4n) is 2.80. The van der Waals surface area contributed by atoms with Gasteiger partial charge in [-0.1, -0.05) is 45.9 Å². The van der Waals surface area contributed by atoms with Crippen molar-refractivity contribution in [3.8, 4) is 0 Å². The van der Waals surface area contributed by atoms with E-state index in [-0.39, 0.29) is 17.9 Å². The standard InChI is InChI=1S/C18H26N2O3/c1-12-9-10-20(11-15(12)21)17(23)16(22)19-14-8-6-5-7-13(14)18(2,3)4/h5-8,12,15,21H,9-11H2,1-4H3,(H,19,22). The number of rotatable bonds is 1. The first-order chi connectivity index (χ1) is 10.7. The number of hydrogen-bond acceptors (Lipinski definition) is 3. The summed E-state index contributed by atoms with van der Waals surface area (Å²) in [5, 5.41) is 12.6. The van der Waals surface area contributed by atoms with Gasteiger partial charge >= 0.3 is 11.8 Å². The van der Waals surface area contributed by atoms with Gasteiger partial charge in [0, 0.05) is 18.8 Å². The highest BCUT2D eigenvalue weighted by Crippen LogP contribution is 2.29. The Labute approximate surface area is 137 Å². The van der Waals surface area contributed by atoms with Crippen molar-refractivity contribution in [1.82, 2.24) is 4.90 Å². The number of aliphatic hydroxyl groups excluding tert-OH is 1. The lowest BCUT2D eigenvalue weighted by molar-refractivity contribution is -0.146. The Hall–Kier alpha value is -1.88. The van der Waals surface area contributed by atoms with Gasteiger partial charge in [0.25, 0.3) is 0 Å². The number of benzene rings is 1. The monoisotopic (exact) mass is 318 g/mol. The summed E-state index contributed by atoms with van der Waals surface area (Å²) in [7, 11) is 0. The molecular formula is C18H26N2O3. The molecule has 0 spiro atoms. The smallest absolute Gasteiger partial charge is 0.313 e. The number of carbonyl (C=O) groups excluding carboxylic acids is 2. The van der Waals surface area contributed by atoms with Gasteiger partial charge in [-0.3, -0.25) is 9.59 Å². The molecule has 2 atom stereocenters. The molecule has 2 amide bonds. The zero-order valence-electron chi connectivity index (χ0n) is 14.3. The van der Waals surface area contributed by atoms with Gasteiger partial charge in [-0.25, -0.2) is 0 Å². The third-order valence-electron chi connectivity index (χ3n) is 4.38. The number of aliphatic hydroxyl groups is 1. The maximum atomic E-state index is 12.3. The Morgan fingerprint density at radius 1 is 1.26 bits per heavy atom. The van der Waals surface area contributed by atoms with E-state index in [0.717, 1.165) is 5.56 Å². The van der Waals surface area contributed by atoms with Gasteiger partial charge in [0.1, 0.15) is 0 Å². The van der Waals surface area contributed by atoms with E-state index in [4.69, 9.17) is 0 Å². The first-order valence-electron chi connectivity index (χ1n) is 8.08. The van der Waals surface area contributed by atoms with Crippen LogP contribution in [0.3, 0.4) is 0 Å². The second kappa shape index (κ2) is 6.71. The molecular weight excluding hydrogens is 292 g/mol. The van der Waals surface area contributed by atoms with Crippen LogP contribution in [0.2, 0.25) is 0 Å². The van der Waals surface area contributed by atoms with E-state index in [1.54, 1.807) is 6.07 Å². The molecule has 126 valence electrons. The summed E-state index contributed by atoms with van der Waals surface area (Å²) in [5.41, 5.74) is 1.50. The number of likely N-dealkylation sites (tertiary alicyclic amines) is 1. The Bertz CT molecular complexity index is 592. The first kappa shape index (κ1) is 17.5. The van der Waals surface area contributed by atoms with Crippen LogP contribution in [-0.4, -0.2) is 41.0 Å². The van der Waals surface area contributed by atoms with Gasteiger partial charge in [-0.15, -0.1) is 0 Å². The number of nitrogens with one attached hydrogen (secondary N) is 1. The number of piperidine rings is 1. The quantitative estimate of drug-likeness (QED) is 0.780. The molecule has 1 aliphatic rings. The van der Waals surface area contributed by atoms with Crippen molar-refractivity contribution in [2.45, 2.75) is 45.6 Å². The molecule has 2 unspecified atom stereocenters. The van der Waals surface area contributed by atoms with Gasteiger partial charge in [0.2, 0.25) is 0 Å². The predicted octanol–water partition coefficient (Wildman–Crippen LogP) is 2.15. The molecule has 0 saturated carbocycles. The molecule has 0 radical (unpaired) electrons. The van der Waals surface area contributed by atoms with Crippen molar-refractivity contribution in [3.05, 3.63) is 29.8 Å². The summed E-state index contributed by atoms with van der Waals surface area (Å²) in [6.07, 6.45) is 0.140. The number of anilines is 1. The van der Waals surface area contributed by atoms with Crippen LogP contribution in [0.4, 0.5) is 5.69 Å². The van der Waals surface area contributed by atoms with E-state index in [1.165, 1.54) is 4.90 Å². The minimum absolute atomic E-state index is 0.135. The Morgan fingerprint density at radius 2 is 1.91 bits per heavy atom. The molecule has 1 saturated heterocycles. The summed E-state index contributed by atoms with van der Waals surface area (Å²) in [4.78, 5) is 26.0. The first-order valence-corrected chi connectivity index (χ1v) is 8.08. The van der Waals surface area contributed by atoms with Crippen molar-refractivity contribution in [3.63, 3.8) is 0 Å². The molecule has 1 aliphatic heterocycles. The Morgan fingerprint density at radius 3 is 2.52 bits per heavy atom. The number of amides is 2. The number of β-amino-alcohol motifs (C(OH)–C–C–N with tert-alkyl or cyclic N) is 1. The third-order valence-corrected chi connectivity index (χ3v) is 4.38. The lowest BCUT2D eigenvalue weighted by Crippen LogP contribution is -2.49. The van der Waals surface area contributed by atoms with Crippen LogP contribution < -0.4 is 5.32 Å². The molecule has 0 bridgehead atoms. The highest BCUT2D eigenvalue weighted by molar-refractivity contribution is 6.39. The average Bonchev–Trinajstić information content (AvgIpc) is 2.48. The fraction of sp³-hybridized carbons (Fsp3) is 0.556. The molecule has 5 nitrogen and oxygen atoms in total. The van der Waals surface area contributed by atoms with Gasteiger partial charge in [0.15, 0.2) is 0 Å². The predicted molar refractivity (Wildman–Crippen MR) is 90.1 cm³/mol. The molecule has 1 fully saturated rings. The lowest BCUT2D eigenvalue weighted by Gasteiger charge is -2.33. The fourth-order valence-corrected chi connectivity index (χ4v) is 2.80. The van der Waals surface area contributed by atoms with Crippen molar-refractivity contribution in [2.24, 2.45) is 5.92 Å². The van der Waals surface area contributed by atoms with E-state index >= 15 is 0 Å². The highest BCUT2D eigenvalue weighted by atomic mass is 16.3. The minimum atomic E-state index is -0.650. The van der Waals surface area contributed by atoms with Crippen LogP contribution in [0, 0.1) is 5.92 Å². The van der Waals surface area contributed by atoms with E-state index in [1.807, 2.05) is 25.1 Å². The van der Waals surface area contributed by atoms with E-state index in [2.05, 4.69) is 26.1 Å². The zero-order chi connectivity index (χ0) is 17.2. The topological polar surface area (TPSA) is 69.6 Å². The Balaban J connectivity index is 2.09. The lowest BCUT2D eigenvalue weighted by atomic mass is 9.86. The number of nitrogens with zero attached hydrogens (tertiary/aromatic N) is 1. The molecule has 0 aliphatic carbocycles. The highest BCUT2D eigenvalue weighted by Gasteiger charge is 2.31. The molecule has 2 rings (SSSR count). The molecule has 5 heteroatoms. The normalized spacial score (nSPS) is 21.9.